The predicted octanol–water partition coefficient (Wildman–Crippen LogP) is 1.95. The lowest BCUT2D eigenvalue weighted by Gasteiger charge is -2.21. The molecule has 102 valence electrons. The highest BCUT2D eigenvalue weighted by molar-refractivity contribution is 6.32. The number of carboxylic acids is 1. The van der Waals surface area contributed by atoms with Gasteiger partial charge in [-0.05, 0) is 18.9 Å². The predicted molar refractivity (Wildman–Crippen MR) is 65.5 cm³/mol. The average Bonchev–Trinajstić information content (AvgIpc) is 3.16. The fourth-order valence-corrected chi connectivity index (χ4v) is 1.96. The lowest BCUT2D eigenvalue weighted by molar-refractivity contribution is -0.137. The quantitative estimate of drug-likeness (QED) is 0.840. The van der Waals surface area contributed by atoms with Gasteiger partial charge in [-0.1, -0.05) is 11.6 Å². The van der Waals surface area contributed by atoms with Crippen LogP contribution in [0.2, 0.25) is 5.15 Å². The van der Waals surface area contributed by atoms with E-state index in [4.69, 9.17) is 16.7 Å². The summed E-state index contributed by atoms with van der Waals surface area (Å²) in [6.07, 6.45) is 2.43. The van der Waals surface area contributed by atoms with E-state index in [0.717, 1.165) is 25.1 Å². The van der Waals surface area contributed by atoms with Gasteiger partial charge in [0.25, 0.3) is 5.91 Å². The Kier molecular flexibility index (Phi) is 3.99. The number of hydrogen-bond acceptors (Lipinski definition) is 3. The third-order valence-electron chi connectivity index (χ3n) is 2.85. The van der Waals surface area contributed by atoms with Crippen molar-refractivity contribution < 1.29 is 19.1 Å². The summed E-state index contributed by atoms with van der Waals surface area (Å²) in [6, 6.07) is 1.04. The maximum atomic E-state index is 13.1. The molecule has 1 amide bonds. The molecule has 1 aromatic heterocycles. The van der Waals surface area contributed by atoms with Gasteiger partial charge < -0.3 is 10.0 Å². The number of rotatable bonds is 5. The van der Waals surface area contributed by atoms with Crippen LogP contribution < -0.4 is 0 Å². The van der Waals surface area contributed by atoms with Crippen molar-refractivity contribution in [2.24, 2.45) is 0 Å². The van der Waals surface area contributed by atoms with Crippen molar-refractivity contribution in [3.8, 4) is 0 Å². The number of carbonyl (C=O) groups excluding carboxylic acids is 1. The first kappa shape index (κ1) is 13.7. The lowest BCUT2D eigenvalue weighted by Crippen LogP contribution is -2.35. The molecule has 1 aliphatic carbocycles. The Morgan fingerprint density at radius 1 is 1.53 bits per heavy atom. The van der Waals surface area contributed by atoms with Crippen molar-refractivity contribution in [2.75, 3.05) is 6.54 Å². The van der Waals surface area contributed by atoms with Gasteiger partial charge in [0, 0.05) is 12.6 Å². The largest absolute Gasteiger partial charge is 0.481 e. The normalized spacial score (nSPS) is 14.2. The summed E-state index contributed by atoms with van der Waals surface area (Å²) in [4.78, 5) is 27.9. The van der Waals surface area contributed by atoms with E-state index in [9.17, 15) is 14.0 Å². The highest BCUT2D eigenvalue weighted by Crippen LogP contribution is 2.29. The van der Waals surface area contributed by atoms with E-state index < -0.39 is 17.7 Å². The summed E-state index contributed by atoms with van der Waals surface area (Å²) < 4.78 is 13.1. The van der Waals surface area contributed by atoms with Crippen molar-refractivity contribution in [3.63, 3.8) is 0 Å². The van der Waals surface area contributed by atoms with Crippen molar-refractivity contribution in [3.05, 3.63) is 28.8 Å². The van der Waals surface area contributed by atoms with Gasteiger partial charge in [0.2, 0.25) is 0 Å². The molecule has 5 nitrogen and oxygen atoms in total. The second-order valence-corrected chi connectivity index (χ2v) is 4.72. The third-order valence-corrected chi connectivity index (χ3v) is 3.15. The minimum Gasteiger partial charge on any atom is -0.481 e. The molecular weight excluding hydrogens is 275 g/mol. The number of amides is 1. The van der Waals surface area contributed by atoms with Gasteiger partial charge in [0.05, 0.1) is 18.2 Å². The minimum atomic E-state index is -0.984. The molecule has 2 rings (SSSR count). The standard InChI is InChI=1S/C12H12ClFN2O3/c13-11-9(5-7(14)6-15-11)12(19)16(8-1-2-8)4-3-10(17)18/h5-6,8H,1-4H2,(H,17,18). The molecule has 19 heavy (non-hydrogen) atoms. The van der Waals surface area contributed by atoms with Crippen molar-refractivity contribution in [2.45, 2.75) is 25.3 Å². The Hall–Kier alpha value is -1.69. The van der Waals surface area contributed by atoms with E-state index in [1.165, 1.54) is 4.90 Å². The Balaban J connectivity index is 2.18. The van der Waals surface area contributed by atoms with Crippen LogP contribution >= 0.6 is 11.6 Å². The number of carbonyl (C=O) groups is 2. The van der Waals surface area contributed by atoms with Crippen LogP contribution in [-0.2, 0) is 4.79 Å². The van der Waals surface area contributed by atoms with E-state index in [-0.39, 0.29) is 29.7 Å². The number of aromatic nitrogens is 1. The van der Waals surface area contributed by atoms with E-state index >= 15 is 0 Å². The van der Waals surface area contributed by atoms with Crippen molar-refractivity contribution in [1.29, 1.82) is 0 Å². The van der Waals surface area contributed by atoms with Gasteiger partial charge in [-0.2, -0.15) is 0 Å². The fraction of sp³-hybridized carbons (Fsp3) is 0.417. The van der Waals surface area contributed by atoms with Crippen LogP contribution in [-0.4, -0.2) is 39.5 Å². The molecule has 0 bridgehead atoms. The van der Waals surface area contributed by atoms with Crippen LogP contribution in [0.25, 0.3) is 0 Å². The number of carboxylic acid groups (broad SMARTS) is 1. The summed E-state index contributed by atoms with van der Waals surface area (Å²) in [7, 11) is 0. The number of nitrogens with zero attached hydrogens (tertiary/aromatic N) is 2. The van der Waals surface area contributed by atoms with E-state index in [2.05, 4.69) is 4.98 Å². The molecule has 0 radical (unpaired) electrons. The van der Waals surface area contributed by atoms with Crippen LogP contribution in [0.3, 0.4) is 0 Å². The average molecular weight is 287 g/mol. The van der Waals surface area contributed by atoms with Crippen LogP contribution in [0.15, 0.2) is 12.3 Å². The van der Waals surface area contributed by atoms with Crippen LogP contribution in [0.1, 0.15) is 29.6 Å². The Bertz CT molecular complexity index is 520. The molecule has 1 heterocycles. The molecule has 1 fully saturated rings. The molecule has 0 saturated heterocycles. The van der Waals surface area contributed by atoms with Crippen molar-refractivity contribution >= 4 is 23.5 Å². The molecule has 7 heteroatoms. The Morgan fingerprint density at radius 3 is 2.79 bits per heavy atom. The van der Waals surface area contributed by atoms with Gasteiger partial charge in [-0.15, -0.1) is 0 Å². The van der Waals surface area contributed by atoms with Crippen LogP contribution in [0, 0.1) is 5.82 Å². The first-order chi connectivity index (χ1) is 8.99. The monoisotopic (exact) mass is 286 g/mol. The Labute approximate surface area is 114 Å². The van der Waals surface area contributed by atoms with Gasteiger partial charge in [0.1, 0.15) is 11.0 Å². The van der Waals surface area contributed by atoms with Crippen LogP contribution in [0.4, 0.5) is 4.39 Å². The summed E-state index contributed by atoms with van der Waals surface area (Å²) in [5, 5.41) is 8.60. The second kappa shape index (κ2) is 5.52. The molecule has 0 unspecified atom stereocenters. The number of halogens is 2. The van der Waals surface area contributed by atoms with E-state index in [0.29, 0.717) is 0 Å². The maximum Gasteiger partial charge on any atom is 0.305 e. The van der Waals surface area contributed by atoms with E-state index in [1.807, 2.05) is 0 Å². The molecule has 1 aromatic rings. The lowest BCUT2D eigenvalue weighted by atomic mass is 10.2. The molecular formula is C12H12ClFN2O3. The number of hydrogen-bond donors (Lipinski definition) is 1. The molecule has 0 atom stereocenters. The Morgan fingerprint density at radius 2 is 2.21 bits per heavy atom. The molecule has 1 aliphatic rings. The molecule has 1 saturated carbocycles. The molecule has 1 N–H and O–H groups in total. The second-order valence-electron chi connectivity index (χ2n) is 4.37. The summed E-state index contributed by atoms with van der Waals surface area (Å²) >= 11 is 5.78. The summed E-state index contributed by atoms with van der Waals surface area (Å²) in [5.74, 6) is -2.11. The minimum absolute atomic E-state index is 0.0196. The van der Waals surface area contributed by atoms with Crippen LogP contribution in [0.5, 0.6) is 0 Å². The van der Waals surface area contributed by atoms with Gasteiger partial charge in [-0.25, -0.2) is 9.37 Å². The summed E-state index contributed by atoms with van der Waals surface area (Å²) in [6.45, 7) is 0.0890. The fourth-order valence-electron chi connectivity index (χ4n) is 1.78. The zero-order chi connectivity index (χ0) is 14.0. The van der Waals surface area contributed by atoms with Crippen molar-refractivity contribution in [1.82, 2.24) is 9.88 Å². The zero-order valence-corrected chi connectivity index (χ0v) is 10.7. The number of pyridine rings is 1. The highest BCUT2D eigenvalue weighted by Gasteiger charge is 2.34. The first-order valence-electron chi connectivity index (χ1n) is 5.83. The highest BCUT2D eigenvalue weighted by atomic mass is 35.5. The number of aliphatic carboxylic acids is 1. The SMILES string of the molecule is O=C(O)CCN(C(=O)c1cc(F)cnc1Cl)C1CC1. The maximum absolute atomic E-state index is 13.1. The van der Waals surface area contributed by atoms with E-state index in [1.54, 1.807) is 0 Å². The van der Waals surface area contributed by atoms with Gasteiger partial charge in [0.15, 0.2) is 0 Å². The first-order valence-corrected chi connectivity index (χ1v) is 6.20. The topological polar surface area (TPSA) is 70.5 Å². The molecule has 0 spiro atoms. The van der Waals surface area contributed by atoms with Gasteiger partial charge >= 0.3 is 5.97 Å². The zero-order valence-electron chi connectivity index (χ0n) is 9.97. The third kappa shape index (κ3) is 3.41. The smallest absolute Gasteiger partial charge is 0.305 e. The molecule has 0 aliphatic heterocycles. The summed E-state index contributed by atoms with van der Waals surface area (Å²) in [5.41, 5.74) is -0.0287. The molecule has 0 aromatic carbocycles. The van der Waals surface area contributed by atoms with Gasteiger partial charge in [-0.3, -0.25) is 9.59 Å².